The molecule has 0 unspecified atom stereocenters. The molecule has 0 amide bonds. The van der Waals surface area contributed by atoms with Crippen LogP contribution in [0.5, 0.6) is 5.75 Å². The first-order chi connectivity index (χ1) is 5.58. The molecule has 0 spiro atoms. The second-order valence-electron chi connectivity index (χ2n) is 1.98. The summed E-state index contributed by atoms with van der Waals surface area (Å²) in [6.45, 7) is -2.77. The summed E-state index contributed by atoms with van der Waals surface area (Å²) in [6.07, 6.45) is 0. The van der Waals surface area contributed by atoms with E-state index < -0.39 is 6.61 Å². The highest BCUT2D eigenvalue weighted by molar-refractivity contribution is 14.1. The first kappa shape index (κ1) is 10.2. The van der Waals surface area contributed by atoms with Crippen molar-refractivity contribution < 1.29 is 13.5 Å². The molecule has 0 fully saturated rings. The monoisotopic (exact) mass is 348 g/mol. The van der Waals surface area contributed by atoms with Gasteiger partial charge < -0.3 is 4.74 Å². The van der Waals surface area contributed by atoms with Crippen molar-refractivity contribution in [3.05, 3.63) is 26.2 Å². The van der Waals surface area contributed by atoms with Gasteiger partial charge in [0.05, 0.1) is 0 Å². The third-order valence-electron chi connectivity index (χ3n) is 1.06. The zero-order valence-electron chi connectivity index (χ0n) is 5.73. The number of alkyl halides is 2. The van der Waals surface area contributed by atoms with Gasteiger partial charge in [0.2, 0.25) is 0 Å². The summed E-state index contributed by atoms with van der Waals surface area (Å²) in [5.41, 5.74) is 0. The van der Waals surface area contributed by atoms with Crippen LogP contribution in [0, 0.1) is 3.57 Å². The van der Waals surface area contributed by atoms with E-state index in [1.54, 1.807) is 6.07 Å². The van der Waals surface area contributed by atoms with Crippen molar-refractivity contribution >= 4 is 38.5 Å². The molecule has 5 heteroatoms. The molecule has 0 saturated carbocycles. The van der Waals surface area contributed by atoms with E-state index in [4.69, 9.17) is 0 Å². The average molecular weight is 349 g/mol. The molecular weight excluding hydrogens is 345 g/mol. The summed E-state index contributed by atoms with van der Waals surface area (Å²) in [5.74, 6) is 0.170. The third-order valence-corrected chi connectivity index (χ3v) is 2.14. The van der Waals surface area contributed by atoms with Crippen LogP contribution in [-0.2, 0) is 0 Å². The predicted octanol–water partition coefficient (Wildman–Crippen LogP) is 3.66. The van der Waals surface area contributed by atoms with E-state index in [-0.39, 0.29) is 5.75 Å². The fourth-order valence-corrected chi connectivity index (χ4v) is 2.24. The van der Waals surface area contributed by atoms with Crippen LogP contribution in [0.3, 0.4) is 0 Å². The number of rotatable bonds is 2. The highest BCUT2D eigenvalue weighted by Crippen LogP contribution is 2.23. The van der Waals surface area contributed by atoms with Crippen molar-refractivity contribution in [2.75, 3.05) is 0 Å². The normalized spacial score (nSPS) is 10.4. The molecule has 0 saturated heterocycles. The van der Waals surface area contributed by atoms with Crippen LogP contribution in [0.25, 0.3) is 0 Å². The lowest BCUT2D eigenvalue weighted by Crippen LogP contribution is -2.01. The second kappa shape index (κ2) is 4.36. The van der Waals surface area contributed by atoms with E-state index in [1.807, 2.05) is 22.6 Å². The fraction of sp³-hybridized carbons (Fsp3) is 0.143. The molecule has 1 aromatic carbocycles. The van der Waals surface area contributed by atoms with Gasteiger partial charge in [-0.1, -0.05) is 15.9 Å². The predicted molar refractivity (Wildman–Crippen MR) is 53.5 cm³/mol. The zero-order valence-corrected chi connectivity index (χ0v) is 9.47. The quantitative estimate of drug-likeness (QED) is 0.741. The van der Waals surface area contributed by atoms with Gasteiger partial charge in [0, 0.05) is 8.04 Å². The molecule has 0 aliphatic heterocycles. The van der Waals surface area contributed by atoms with Crippen molar-refractivity contribution in [1.82, 2.24) is 0 Å². The smallest absolute Gasteiger partial charge is 0.387 e. The van der Waals surface area contributed by atoms with Crippen LogP contribution in [-0.4, -0.2) is 6.61 Å². The summed E-state index contributed by atoms with van der Waals surface area (Å²) in [5, 5.41) is 0. The van der Waals surface area contributed by atoms with E-state index in [0.29, 0.717) is 0 Å². The lowest BCUT2D eigenvalue weighted by molar-refractivity contribution is -0.0499. The Bertz CT molecular complexity index is 260. The van der Waals surface area contributed by atoms with Gasteiger partial charge in [0.1, 0.15) is 5.75 Å². The Balaban J connectivity index is 2.85. The molecule has 1 aromatic rings. The van der Waals surface area contributed by atoms with Gasteiger partial charge in [-0.2, -0.15) is 8.78 Å². The Hall–Kier alpha value is 0.0900. The summed E-state index contributed by atoms with van der Waals surface area (Å²) < 4.78 is 29.3. The molecule has 1 rings (SSSR count). The van der Waals surface area contributed by atoms with Crippen LogP contribution < -0.4 is 4.74 Å². The lowest BCUT2D eigenvalue weighted by atomic mass is 10.3. The number of hydrogen-bond acceptors (Lipinski definition) is 1. The molecule has 0 heterocycles. The minimum atomic E-state index is -2.77. The number of halogens is 4. The molecule has 0 aliphatic rings. The van der Waals surface area contributed by atoms with Gasteiger partial charge in [-0.15, -0.1) is 0 Å². The Morgan fingerprint density at radius 1 is 1.33 bits per heavy atom. The highest BCUT2D eigenvalue weighted by atomic mass is 127. The maximum absolute atomic E-state index is 11.7. The summed E-state index contributed by atoms with van der Waals surface area (Å²) >= 11 is 5.20. The van der Waals surface area contributed by atoms with E-state index in [1.165, 1.54) is 12.1 Å². The van der Waals surface area contributed by atoms with E-state index in [9.17, 15) is 8.78 Å². The average Bonchev–Trinajstić information content (AvgIpc) is 1.81. The van der Waals surface area contributed by atoms with Crippen molar-refractivity contribution in [2.45, 2.75) is 6.61 Å². The van der Waals surface area contributed by atoms with Crippen LogP contribution in [0.15, 0.2) is 22.7 Å². The van der Waals surface area contributed by atoms with Crippen molar-refractivity contribution in [3.8, 4) is 5.75 Å². The molecule has 1 nitrogen and oxygen atoms in total. The largest absolute Gasteiger partial charge is 0.435 e. The minimum Gasteiger partial charge on any atom is -0.435 e. The molecule has 0 aromatic heterocycles. The van der Waals surface area contributed by atoms with Crippen LogP contribution in [0.1, 0.15) is 0 Å². The van der Waals surface area contributed by atoms with Gasteiger partial charge in [0.15, 0.2) is 0 Å². The number of ether oxygens (including phenoxy) is 1. The number of benzene rings is 1. The molecule has 0 bridgehead atoms. The molecule has 12 heavy (non-hydrogen) atoms. The van der Waals surface area contributed by atoms with Gasteiger partial charge >= 0.3 is 6.61 Å². The van der Waals surface area contributed by atoms with Crippen LogP contribution in [0.2, 0.25) is 0 Å². The van der Waals surface area contributed by atoms with E-state index in [2.05, 4.69) is 20.7 Å². The number of hydrogen-bond donors (Lipinski definition) is 0. The lowest BCUT2D eigenvalue weighted by Gasteiger charge is -2.04. The molecule has 66 valence electrons. The molecule has 0 N–H and O–H groups in total. The van der Waals surface area contributed by atoms with Crippen LogP contribution >= 0.6 is 38.5 Å². The van der Waals surface area contributed by atoms with Gasteiger partial charge in [-0.05, 0) is 40.8 Å². The first-order valence-electron chi connectivity index (χ1n) is 2.99. The standard InChI is InChI=1S/C7H4BrF2IO/c8-4-1-5(11)3-6(2-4)12-7(9)10/h1-3,7H. The Labute approximate surface area is 90.4 Å². The second-order valence-corrected chi connectivity index (χ2v) is 4.14. The summed E-state index contributed by atoms with van der Waals surface area (Å²) in [6, 6.07) is 4.84. The first-order valence-corrected chi connectivity index (χ1v) is 4.86. The van der Waals surface area contributed by atoms with Gasteiger partial charge in [-0.25, -0.2) is 0 Å². The maximum Gasteiger partial charge on any atom is 0.387 e. The highest BCUT2D eigenvalue weighted by Gasteiger charge is 2.05. The topological polar surface area (TPSA) is 9.23 Å². The van der Waals surface area contributed by atoms with Crippen molar-refractivity contribution in [3.63, 3.8) is 0 Å². The third kappa shape index (κ3) is 3.22. The molecular formula is C7H4BrF2IO. The molecule has 0 aliphatic carbocycles. The Morgan fingerprint density at radius 2 is 2.00 bits per heavy atom. The van der Waals surface area contributed by atoms with Gasteiger partial charge in [0.25, 0.3) is 0 Å². The van der Waals surface area contributed by atoms with E-state index in [0.717, 1.165) is 8.04 Å². The zero-order chi connectivity index (χ0) is 9.14. The SMILES string of the molecule is FC(F)Oc1cc(Br)cc(I)c1. The Morgan fingerprint density at radius 3 is 2.50 bits per heavy atom. The summed E-state index contributed by atoms with van der Waals surface area (Å²) in [7, 11) is 0. The fourth-order valence-electron chi connectivity index (χ4n) is 0.699. The van der Waals surface area contributed by atoms with Crippen molar-refractivity contribution in [2.24, 2.45) is 0 Å². The van der Waals surface area contributed by atoms with Crippen LogP contribution in [0.4, 0.5) is 8.78 Å². The maximum atomic E-state index is 11.7. The van der Waals surface area contributed by atoms with Crippen molar-refractivity contribution in [1.29, 1.82) is 0 Å². The molecule has 0 atom stereocenters. The van der Waals surface area contributed by atoms with Gasteiger partial charge in [-0.3, -0.25) is 0 Å². The summed E-state index contributed by atoms with van der Waals surface area (Å²) in [4.78, 5) is 0. The molecule has 0 radical (unpaired) electrons. The van der Waals surface area contributed by atoms with E-state index >= 15 is 0 Å². The Kier molecular flexibility index (Phi) is 3.70. The minimum absolute atomic E-state index is 0.170.